The Hall–Kier alpha value is -2.87. The van der Waals surface area contributed by atoms with Crippen LogP contribution < -0.4 is 15.0 Å². The third-order valence-corrected chi connectivity index (χ3v) is 5.50. The zero-order valence-corrected chi connectivity index (χ0v) is 17.4. The van der Waals surface area contributed by atoms with Gasteiger partial charge in [0.15, 0.2) is 11.9 Å². The maximum atomic E-state index is 12.7. The molecule has 1 amide bonds. The quantitative estimate of drug-likeness (QED) is 0.748. The van der Waals surface area contributed by atoms with Crippen LogP contribution in [0.1, 0.15) is 19.8 Å². The molecule has 0 spiro atoms. The molecule has 2 aliphatic rings. The number of hydrogen-bond acceptors (Lipinski definition) is 7. The molecule has 3 heterocycles. The number of benzene rings is 1. The molecule has 2 saturated heterocycles. The molecule has 0 saturated carbocycles. The van der Waals surface area contributed by atoms with Crippen molar-refractivity contribution in [2.45, 2.75) is 32.0 Å². The van der Waals surface area contributed by atoms with Gasteiger partial charge in [-0.2, -0.15) is 0 Å². The summed E-state index contributed by atoms with van der Waals surface area (Å²) >= 11 is 0. The lowest BCUT2D eigenvalue weighted by molar-refractivity contribution is -0.138. The molecule has 0 aliphatic carbocycles. The summed E-state index contributed by atoms with van der Waals surface area (Å²) in [6.07, 6.45) is 1.98. The lowest BCUT2D eigenvalue weighted by Gasteiger charge is -2.36. The van der Waals surface area contributed by atoms with E-state index in [1.54, 1.807) is 6.92 Å². The Balaban J connectivity index is 1.24. The van der Waals surface area contributed by atoms with E-state index < -0.39 is 6.10 Å². The summed E-state index contributed by atoms with van der Waals surface area (Å²) in [6.45, 7) is 6.14. The highest BCUT2D eigenvalue weighted by Crippen LogP contribution is 2.17. The van der Waals surface area contributed by atoms with E-state index in [4.69, 9.17) is 9.47 Å². The first kappa shape index (κ1) is 20.4. The second-order valence-corrected chi connectivity index (χ2v) is 7.68. The van der Waals surface area contributed by atoms with Crippen molar-refractivity contribution in [1.29, 1.82) is 0 Å². The van der Waals surface area contributed by atoms with E-state index in [0.29, 0.717) is 18.8 Å². The summed E-state index contributed by atoms with van der Waals surface area (Å²) in [7, 11) is 0. The molecule has 8 heteroatoms. The summed E-state index contributed by atoms with van der Waals surface area (Å²) in [4.78, 5) is 16.7. The summed E-state index contributed by atoms with van der Waals surface area (Å²) in [6, 6.07) is 13.4. The number of piperazine rings is 1. The van der Waals surface area contributed by atoms with Crippen LogP contribution in [0.4, 0.5) is 11.6 Å². The van der Waals surface area contributed by atoms with Crippen molar-refractivity contribution in [3.63, 3.8) is 0 Å². The minimum absolute atomic E-state index is 0.0123. The number of carbonyl (C=O) groups is 1. The molecule has 0 bridgehead atoms. The summed E-state index contributed by atoms with van der Waals surface area (Å²) in [5, 5.41) is 11.9. The largest absolute Gasteiger partial charge is 0.481 e. The predicted octanol–water partition coefficient (Wildman–Crippen LogP) is 2.18. The van der Waals surface area contributed by atoms with E-state index in [2.05, 4.69) is 20.4 Å². The molecule has 160 valence electrons. The molecule has 2 unspecified atom stereocenters. The molecule has 1 aromatic carbocycles. The second-order valence-electron chi connectivity index (χ2n) is 7.68. The molecule has 2 aliphatic heterocycles. The number of carbonyl (C=O) groups excluding carboxylic acids is 1. The molecule has 2 fully saturated rings. The first-order chi connectivity index (χ1) is 14.7. The molecule has 1 aromatic heterocycles. The maximum Gasteiger partial charge on any atom is 0.263 e. The topological polar surface area (TPSA) is 79.8 Å². The van der Waals surface area contributed by atoms with Crippen LogP contribution in [0.5, 0.6) is 5.75 Å². The zero-order chi connectivity index (χ0) is 20.8. The average molecular weight is 412 g/mol. The Morgan fingerprint density at radius 1 is 1.17 bits per heavy atom. The fourth-order valence-electron chi connectivity index (χ4n) is 3.78. The highest BCUT2D eigenvalue weighted by Gasteiger charge is 2.26. The minimum Gasteiger partial charge on any atom is -0.481 e. The summed E-state index contributed by atoms with van der Waals surface area (Å²) in [5.74, 6) is 2.31. The number of ether oxygens (including phenoxy) is 2. The Bertz CT molecular complexity index is 803. The summed E-state index contributed by atoms with van der Waals surface area (Å²) < 4.78 is 11.4. The smallest absolute Gasteiger partial charge is 0.263 e. The molecule has 1 N–H and O–H groups in total. The molecule has 4 rings (SSSR count). The van der Waals surface area contributed by atoms with E-state index in [9.17, 15) is 4.79 Å². The Morgan fingerprint density at radius 2 is 1.97 bits per heavy atom. The molecule has 2 atom stereocenters. The summed E-state index contributed by atoms with van der Waals surface area (Å²) in [5.41, 5.74) is 0. The first-order valence-electron chi connectivity index (χ1n) is 10.6. The third kappa shape index (κ3) is 5.18. The van der Waals surface area contributed by atoms with Crippen molar-refractivity contribution < 1.29 is 14.3 Å². The number of anilines is 2. The van der Waals surface area contributed by atoms with Gasteiger partial charge in [-0.15, -0.1) is 10.2 Å². The van der Waals surface area contributed by atoms with Crippen LogP contribution in [0, 0.1) is 0 Å². The van der Waals surface area contributed by atoms with E-state index in [0.717, 1.165) is 50.7 Å². The van der Waals surface area contributed by atoms with Crippen molar-refractivity contribution in [2.75, 3.05) is 49.5 Å². The number of amides is 1. The molecule has 8 nitrogen and oxygen atoms in total. The average Bonchev–Trinajstić information content (AvgIpc) is 3.32. The van der Waals surface area contributed by atoms with Gasteiger partial charge in [-0.3, -0.25) is 4.79 Å². The monoisotopic (exact) mass is 411 g/mol. The molecule has 30 heavy (non-hydrogen) atoms. The molecule has 2 aromatic rings. The molecule has 0 radical (unpaired) electrons. The Morgan fingerprint density at radius 3 is 2.63 bits per heavy atom. The van der Waals surface area contributed by atoms with Crippen molar-refractivity contribution in [3.05, 3.63) is 42.5 Å². The number of nitrogens with zero attached hydrogens (tertiary/aromatic N) is 4. The van der Waals surface area contributed by atoms with Crippen LogP contribution in [0.15, 0.2) is 42.5 Å². The van der Waals surface area contributed by atoms with Gasteiger partial charge in [0.2, 0.25) is 0 Å². The standard InChI is InChI=1S/C22H29N5O3/c1-17(30-18-6-3-2-4-7-18)22(28)27-13-11-26(12-14-27)21-10-9-20(24-25-21)23-16-19-8-5-15-29-19/h2-4,6-7,9-10,17,19H,5,8,11-16H2,1H3,(H,23,24). The van der Waals surface area contributed by atoms with Gasteiger partial charge in [0.1, 0.15) is 11.6 Å². The van der Waals surface area contributed by atoms with Crippen LogP contribution in [-0.2, 0) is 9.53 Å². The molecular weight excluding hydrogens is 382 g/mol. The Labute approximate surface area is 177 Å². The van der Waals surface area contributed by atoms with Gasteiger partial charge in [0.05, 0.1) is 6.10 Å². The van der Waals surface area contributed by atoms with E-state index in [1.165, 1.54) is 0 Å². The third-order valence-electron chi connectivity index (χ3n) is 5.50. The normalized spacial score (nSPS) is 20.1. The van der Waals surface area contributed by atoms with Crippen LogP contribution in [0.2, 0.25) is 0 Å². The SMILES string of the molecule is CC(Oc1ccccc1)C(=O)N1CCN(c2ccc(NCC3CCCO3)nn2)CC1. The van der Waals surface area contributed by atoms with Crippen molar-refractivity contribution in [2.24, 2.45) is 0 Å². The van der Waals surface area contributed by atoms with Crippen LogP contribution >= 0.6 is 0 Å². The predicted molar refractivity (Wildman–Crippen MR) is 115 cm³/mol. The Kier molecular flexibility index (Phi) is 6.63. The van der Waals surface area contributed by atoms with Crippen molar-refractivity contribution >= 4 is 17.5 Å². The fraction of sp³-hybridized carbons (Fsp3) is 0.500. The zero-order valence-electron chi connectivity index (χ0n) is 17.4. The fourth-order valence-corrected chi connectivity index (χ4v) is 3.78. The van der Waals surface area contributed by atoms with Crippen LogP contribution in [0.25, 0.3) is 0 Å². The van der Waals surface area contributed by atoms with Crippen LogP contribution in [0.3, 0.4) is 0 Å². The van der Waals surface area contributed by atoms with Gasteiger partial charge < -0.3 is 24.6 Å². The number of nitrogens with one attached hydrogen (secondary N) is 1. The highest BCUT2D eigenvalue weighted by atomic mass is 16.5. The first-order valence-corrected chi connectivity index (χ1v) is 10.6. The van der Waals surface area contributed by atoms with Crippen LogP contribution in [-0.4, -0.2) is 72.5 Å². The van der Waals surface area contributed by atoms with Crippen molar-refractivity contribution in [3.8, 4) is 5.75 Å². The number of rotatable bonds is 7. The minimum atomic E-state index is -0.507. The van der Waals surface area contributed by atoms with Gasteiger partial charge in [0.25, 0.3) is 5.91 Å². The second kappa shape index (κ2) is 9.75. The van der Waals surface area contributed by atoms with Gasteiger partial charge in [-0.05, 0) is 44.0 Å². The number of hydrogen-bond donors (Lipinski definition) is 1. The van der Waals surface area contributed by atoms with E-state index >= 15 is 0 Å². The lowest BCUT2D eigenvalue weighted by Crippen LogP contribution is -2.52. The van der Waals surface area contributed by atoms with Gasteiger partial charge in [-0.1, -0.05) is 18.2 Å². The van der Waals surface area contributed by atoms with Gasteiger partial charge in [-0.25, -0.2) is 0 Å². The lowest BCUT2D eigenvalue weighted by atomic mass is 10.2. The maximum absolute atomic E-state index is 12.7. The van der Waals surface area contributed by atoms with E-state index in [1.807, 2.05) is 47.4 Å². The van der Waals surface area contributed by atoms with Gasteiger partial charge >= 0.3 is 0 Å². The van der Waals surface area contributed by atoms with Gasteiger partial charge in [0, 0.05) is 39.3 Å². The van der Waals surface area contributed by atoms with E-state index in [-0.39, 0.29) is 12.0 Å². The molecular formula is C22H29N5O3. The number of para-hydroxylation sites is 1. The van der Waals surface area contributed by atoms with Crippen molar-refractivity contribution in [1.82, 2.24) is 15.1 Å². The number of aromatic nitrogens is 2. The highest BCUT2D eigenvalue weighted by molar-refractivity contribution is 5.81.